The minimum atomic E-state index is -0.724. The van der Waals surface area contributed by atoms with Crippen molar-refractivity contribution in [2.45, 2.75) is 6.92 Å². The van der Waals surface area contributed by atoms with Crippen molar-refractivity contribution < 1.29 is 18.8 Å². The fraction of sp³-hybridized carbons (Fsp3) is 0.133. The van der Waals surface area contributed by atoms with E-state index in [0.29, 0.717) is 0 Å². The number of benzene rings is 1. The van der Waals surface area contributed by atoms with Crippen LogP contribution in [-0.2, 0) is 9.59 Å². The summed E-state index contributed by atoms with van der Waals surface area (Å²) in [5.74, 6) is -1.70. The first-order valence-electron chi connectivity index (χ1n) is 6.34. The van der Waals surface area contributed by atoms with Crippen LogP contribution < -0.4 is 5.32 Å². The second-order valence-electron chi connectivity index (χ2n) is 4.30. The predicted octanol–water partition coefficient (Wildman–Crippen LogP) is 1.86. The van der Waals surface area contributed by atoms with E-state index in [9.17, 15) is 18.8 Å². The monoisotopic (exact) mass is 288 g/mol. The van der Waals surface area contributed by atoms with E-state index in [2.05, 4.69) is 5.32 Å². The maximum Gasteiger partial charge on any atom is 0.331 e. The Kier molecular flexibility index (Phi) is 4.27. The van der Waals surface area contributed by atoms with E-state index in [1.807, 2.05) is 0 Å². The van der Waals surface area contributed by atoms with Crippen LogP contribution in [0.4, 0.5) is 9.18 Å². The molecule has 2 rings (SSSR count). The lowest BCUT2D eigenvalue weighted by atomic mass is 10.1. The van der Waals surface area contributed by atoms with Gasteiger partial charge >= 0.3 is 6.03 Å². The van der Waals surface area contributed by atoms with Crippen LogP contribution in [0.5, 0.6) is 0 Å². The molecule has 0 atom stereocenters. The zero-order chi connectivity index (χ0) is 15.4. The number of allylic oxidation sites excluding steroid dienone is 2. The van der Waals surface area contributed by atoms with Crippen LogP contribution in [0, 0.1) is 5.82 Å². The maximum absolute atomic E-state index is 12.7. The van der Waals surface area contributed by atoms with Crippen molar-refractivity contribution in [1.82, 2.24) is 10.2 Å². The smallest absolute Gasteiger partial charge is 0.273 e. The van der Waals surface area contributed by atoms with Gasteiger partial charge in [-0.3, -0.25) is 19.8 Å². The standard InChI is InChI=1S/C15H13FN2O3/c1-2-18-14(20)12(13(19)17-15(18)21)5-3-4-10-6-8-11(16)9-7-10/h3-9H,2H2,1H3,(H,17,19,21). The minimum absolute atomic E-state index is 0.116. The zero-order valence-electron chi connectivity index (χ0n) is 11.3. The van der Waals surface area contributed by atoms with Gasteiger partial charge in [0.1, 0.15) is 11.4 Å². The molecular formula is C15H13FN2O3. The Morgan fingerprint density at radius 2 is 1.86 bits per heavy atom. The number of halogens is 1. The second kappa shape index (κ2) is 6.13. The fourth-order valence-electron chi connectivity index (χ4n) is 1.83. The highest BCUT2D eigenvalue weighted by molar-refractivity contribution is 6.28. The Balaban J connectivity index is 2.19. The molecule has 5 nitrogen and oxygen atoms in total. The number of hydrogen-bond acceptors (Lipinski definition) is 3. The number of nitrogens with one attached hydrogen (secondary N) is 1. The van der Waals surface area contributed by atoms with Crippen molar-refractivity contribution in [3.63, 3.8) is 0 Å². The number of imide groups is 2. The molecule has 1 aromatic carbocycles. The van der Waals surface area contributed by atoms with Crippen molar-refractivity contribution >= 4 is 23.9 Å². The summed E-state index contributed by atoms with van der Waals surface area (Å²) < 4.78 is 12.7. The van der Waals surface area contributed by atoms with E-state index in [1.54, 1.807) is 25.1 Å². The van der Waals surface area contributed by atoms with E-state index in [1.165, 1.54) is 24.3 Å². The summed E-state index contributed by atoms with van der Waals surface area (Å²) >= 11 is 0. The van der Waals surface area contributed by atoms with Gasteiger partial charge in [0.05, 0.1) is 0 Å². The maximum atomic E-state index is 12.7. The van der Waals surface area contributed by atoms with Gasteiger partial charge in [-0.25, -0.2) is 9.18 Å². The van der Waals surface area contributed by atoms with Gasteiger partial charge in [-0.15, -0.1) is 0 Å². The number of likely N-dealkylation sites (N-methyl/N-ethyl adjacent to an activating group) is 1. The van der Waals surface area contributed by atoms with Crippen LogP contribution in [0.1, 0.15) is 12.5 Å². The second-order valence-corrected chi connectivity index (χ2v) is 4.30. The minimum Gasteiger partial charge on any atom is -0.273 e. The van der Waals surface area contributed by atoms with Crippen molar-refractivity contribution in [2.75, 3.05) is 6.54 Å². The molecule has 4 amide bonds. The molecule has 1 N–H and O–H groups in total. The first-order valence-corrected chi connectivity index (χ1v) is 6.34. The number of carbonyl (C=O) groups excluding carboxylic acids is 3. The summed E-state index contributed by atoms with van der Waals surface area (Å²) in [4.78, 5) is 35.9. The van der Waals surface area contributed by atoms with E-state index in [-0.39, 0.29) is 17.9 Å². The van der Waals surface area contributed by atoms with Crippen molar-refractivity contribution in [3.05, 3.63) is 53.4 Å². The molecular weight excluding hydrogens is 275 g/mol. The van der Waals surface area contributed by atoms with Crippen molar-refractivity contribution in [3.8, 4) is 0 Å². The summed E-state index contributed by atoms with van der Waals surface area (Å²) in [6.45, 7) is 1.82. The summed E-state index contributed by atoms with van der Waals surface area (Å²) in [5, 5.41) is 2.09. The number of barbiturate groups is 1. The van der Waals surface area contributed by atoms with Crippen LogP contribution in [0.15, 0.2) is 42.0 Å². The number of urea groups is 1. The molecule has 1 heterocycles. The van der Waals surface area contributed by atoms with Gasteiger partial charge in [0.2, 0.25) is 0 Å². The normalized spacial score (nSPS) is 17.7. The van der Waals surface area contributed by atoms with Gasteiger partial charge in [-0.2, -0.15) is 0 Å². The van der Waals surface area contributed by atoms with E-state index >= 15 is 0 Å². The first kappa shape index (κ1) is 14.6. The van der Waals surface area contributed by atoms with Crippen LogP contribution >= 0.6 is 0 Å². The molecule has 6 heteroatoms. The molecule has 0 aliphatic carbocycles. The van der Waals surface area contributed by atoms with Crippen LogP contribution in [0.25, 0.3) is 6.08 Å². The molecule has 0 radical (unpaired) electrons. The lowest BCUT2D eigenvalue weighted by Gasteiger charge is -2.24. The molecule has 0 aromatic heterocycles. The average Bonchev–Trinajstić information content (AvgIpc) is 2.44. The summed E-state index contributed by atoms with van der Waals surface area (Å²) in [6.07, 6.45) is 4.46. The van der Waals surface area contributed by atoms with Gasteiger partial charge in [0.15, 0.2) is 0 Å². The molecule has 108 valence electrons. The van der Waals surface area contributed by atoms with Crippen LogP contribution in [-0.4, -0.2) is 29.3 Å². The fourth-order valence-corrected chi connectivity index (χ4v) is 1.83. The largest absolute Gasteiger partial charge is 0.331 e. The van der Waals surface area contributed by atoms with Crippen LogP contribution in [0.2, 0.25) is 0 Å². The average molecular weight is 288 g/mol. The lowest BCUT2D eigenvalue weighted by molar-refractivity contribution is -0.130. The van der Waals surface area contributed by atoms with E-state index in [4.69, 9.17) is 0 Å². The van der Waals surface area contributed by atoms with Crippen molar-refractivity contribution in [1.29, 1.82) is 0 Å². The highest BCUT2D eigenvalue weighted by Crippen LogP contribution is 2.10. The third-order valence-corrected chi connectivity index (χ3v) is 2.92. The third-order valence-electron chi connectivity index (χ3n) is 2.92. The molecule has 1 aromatic rings. The number of carbonyl (C=O) groups is 3. The molecule has 1 aliphatic heterocycles. The molecule has 1 saturated heterocycles. The van der Waals surface area contributed by atoms with E-state index in [0.717, 1.165) is 10.5 Å². The van der Waals surface area contributed by atoms with E-state index < -0.39 is 17.8 Å². The lowest BCUT2D eigenvalue weighted by Crippen LogP contribution is -2.53. The Labute approximate surface area is 120 Å². The quantitative estimate of drug-likeness (QED) is 0.682. The van der Waals surface area contributed by atoms with Gasteiger partial charge < -0.3 is 0 Å². The topological polar surface area (TPSA) is 66.5 Å². The van der Waals surface area contributed by atoms with Crippen LogP contribution in [0.3, 0.4) is 0 Å². The van der Waals surface area contributed by atoms with Gasteiger partial charge in [0.25, 0.3) is 11.8 Å². The molecule has 1 aliphatic rings. The van der Waals surface area contributed by atoms with Crippen molar-refractivity contribution in [2.24, 2.45) is 0 Å². The van der Waals surface area contributed by atoms with Gasteiger partial charge in [-0.05, 0) is 30.7 Å². The molecule has 1 fully saturated rings. The Hall–Kier alpha value is -2.76. The number of hydrogen-bond donors (Lipinski definition) is 1. The molecule has 21 heavy (non-hydrogen) atoms. The highest BCUT2D eigenvalue weighted by atomic mass is 19.1. The first-order chi connectivity index (χ1) is 10.0. The Morgan fingerprint density at radius 1 is 1.19 bits per heavy atom. The number of amides is 4. The molecule has 0 bridgehead atoms. The summed E-state index contributed by atoms with van der Waals surface area (Å²) in [5.41, 5.74) is 0.607. The zero-order valence-corrected chi connectivity index (χ0v) is 11.3. The predicted molar refractivity (Wildman–Crippen MR) is 74.4 cm³/mol. The Morgan fingerprint density at radius 3 is 2.48 bits per heavy atom. The summed E-state index contributed by atoms with van der Waals surface area (Å²) in [6, 6.07) is 5.03. The molecule has 0 spiro atoms. The molecule has 0 unspecified atom stereocenters. The Bertz CT molecular complexity index is 647. The van der Waals surface area contributed by atoms with Gasteiger partial charge in [0, 0.05) is 6.54 Å². The molecule has 0 saturated carbocycles. The number of rotatable bonds is 3. The number of nitrogens with zero attached hydrogens (tertiary/aromatic N) is 1. The SMILES string of the molecule is CCN1C(=O)NC(=O)C(=CC=Cc2ccc(F)cc2)C1=O. The van der Waals surface area contributed by atoms with Gasteiger partial charge in [-0.1, -0.05) is 24.3 Å². The highest BCUT2D eigenvalue weighted by Gasteiger charge is 2.34. The summed E-state index contributed by atoms with van der Waals surface area (Å²) in [7, 11) is 0. The third kappa shape index (κ3) is 3.22.